The van der Waals surface area contributed by atoms with E-state index >= 15 is 0 Å². The molecule has 3 aromatic rings. The lowest BCUT2D eigenvalue weighted by atomic mass is 9.98. The fourth-order valence-electron chi connectivity index (χ4n) is 3.59. The minimum atomic E-state index is -3.59. The average Bonchev–Trinajstić information content (AvgIpc) is 3.19. The zero-order valence-electron chi connectivity index (χ0n) is 17.0. The van der Waals surface area contributed by atoms with Crippen LogP contribution in [0, 0.1) is 6.92 Å². The van der Waals surface area contributed by atoms with Crippen molar-refractivity contribution >= 4 is 38.2 Å². The molecule has 4 rings (SSSR count). The van der Waals surface area contributed by atoms with E-state index in [-0.39, 0.29) is 10.9 Å². The predicted octanol–water partition coefficient (Wildman–Crippen LogP) is 4.71. The van der Waals surface area contributed by atoms with Crippen LogP contribution in [0.3, 0.4) is 0 Å². The SMILES string of the molecule is CCS(=O)(=O)N1N=C(c2ccc(C)cc2)CC1c1cc2cccc(OC)c2nc1Cl. The van der Waals surface area contributed by atoms with Crippen molar-refractivity contribution in [3.63, 3.8) is 0 Å². The number of benzene rings is 2. The van der Waals surface area contributed by atoms with E-state index in [1.165, 1.54) is 4.41 Å². The molecular formula is C22H22ClN3O3S. The predicted molar refractivity (Wildman–Crippen MR) is 120 cm³/mol. The van der Waals surface area contributed by atoms with Gasteiger partial charge in [-0.15, -0.1) is 0 Å². The van der Waals surface area contributed by atoms with Crippen molar-refractivity contribution in [3.05, 3.63) is 70.4 Å². The van der Waals surface area contributed by atoms with E-state index < -0.39 is 16.1 Å². The Morgan fingerprint density at radius 3 is 2.60 bits per heavy atom. The summed E-state index contributed by atoms with van der Waals surface area (Å²) >= 11 is 6.55. The lowest BCUT2D eigenvalue weighted by molar-refractivity contribution is 0.372. The summed E-state index contributed by atoms with van der Waals surface area (Å²) < 4.78 is 32.2. The van der Waals surface area contributed by atoms with Crippen LogP contribution in [0.2, 0.25) is 5.15 Å². The number of aromatic nitrogens is 1. The molecule has 2 aromatic carbocycles. The van der Waals surface area contributed by atoms with E-state index in [0.717, 1.165) is 16.5 Å². The summed E-state index contributed by atoms with van der Waals surface area (Å²) in [6.07, 6.45) is 0.416. The summed E-state index contributed by atoms with van der Waals surface area (Å²) in [4.78, 5) is 4.51. The van der Waals surface area contributed by atoms with E-state index in [1.54, 1.807) is 14.0 Å². The number of para-hydroxylation sites is 1. The monoisotopic (exact) mass is 443 g/mol. The number of ether oxygens (including phenoxy) is 1. The van der Waals surface area contributed by atoms with Crippen molar-refractivity contribution in [2.75, 3.05) is 12.9 Å². The topological polar surface area (TPSA) is 71.9 Å². The summed E-state index contributed by atoms with van der Waals surface area (Å²) in [6.45, 7) is 3.61. The van der Waals surface area contributed by atoms with Crippen molar-refractivity contribution in [2.24, 2.45) is 5.10 Å². The maximum atomic E-state index is 12.8. The van der Waals surface area contributed by atoms with E-state index in [2.05, 4.69) is 10.1 Å². The number of sulfonamides is 1. The molecule has 1 unspecified atom stereocenters. The maximum absolute atomic E-state index is 12.8. The number of hydrogen-bond donors (Lipinski definition) is 0. The van der Waals surface area contributed by atoms with Crippen LogP contribution < -0.4 is 4.74 Å². The highest BCUT2D eigenvalue weighted by Gasteiger charge is 2.37. The molecule has 0 spiro atoms. The van der Waals surface area contributed by atoms with Gasteiger partial charge in [0.2, 0.25) is 10.0 Å². The zero-order valence-corrected chi connectivity index (χ0v) is 18.5. The normalized spacial score (nSPS) is 16.7. The Morgan fingerprint density at radius 2 is 1.93 bits per heavy atom. The number of hydrazone groups is 1. The van der Waals surface area contributed by atoms with Crippen molar-refractivity contribution in [1.82, 2.24) is 9.40 Å². The molecule has 1 aliphatic rings. The standard InChI is InChI=1S/C22H22ClN3O3S/c1-4-30(27,28)26-19(13-18(25-26)15-10-8-14(2)9-11-15)17-12-16-6-5-7-20(29-3)21(16)24-22(17)23/h5-12,19H,4,13H2,1-3H3. The first-order valence-corrected chi connectivity index (χ1v) is 11.6. The molecule has 1 aromatic heterocycles. The Morgan fingerprint density at radius 1 is 1.20 bits per heavy atom. The second kappa shape index (κ2) is 7.89. The van der Waals surface area contributed by atoms with Crippen LogP contribution in [0.15, 0.2) is 53.6 Å². The van der Waals surface area contributed by atoms with Gasteiger partial charge < -0.3 is 4.74 Å². The summed E-state index contributed by atoms with van der Waals surface area (Å²) in [6, 6.07) is 14.8. The van der Waals surface area contributed by atoms with Crippen LogP contribution in [0.4, 0.5) is 0 Å². The summed E-state index contributed by atoms with van der Waals surface area (Å²) in [5.41, 5.74) is 3.99. The zero-order chi connectivity index (χ0) is 21.5. The van der Waals surface area contributed by atoms with Gasteiger partial charge in [0.25, 0.3) is 0 Å². The van der Waals surface area contributed by atoms with Crippen LogP contribution in [-0.4, -0.2) is 36.4 Å². The Balaban J connectivity index is 1.82. The molecule has 0 N–H and O–H groups in total. The van der Waals surface area contributed by atoms with Crippen LogP contribution >= 0.6 is 11.6 Å². The number of hydrogen-bond acceptors (Lipinski definition) is 5. The Kier molecular flexibility index (Phi) is 5.42. The van der Waals surface area contributed by atoms with E-state index in [1.807, 2.05) is 55.5 Å². The van der Waals surface area contributed by atoms with Gasteiger partial charge in [-0.1, -0.05) is 53.6 Å². The lowest BCUT2D eigenvalue weighted by Crippen LogP contribution is -2.28. The fraction of sp³-hybridized carbons (Fsp3) is 0.273. The Labute approximate surface area is 181 Å². The Bertz CT molecular complexity index is 1240. The molecule has 1 aliphatic heterocycles. The van der Waals surface area contributed by atoms with Gasteiger partial charge >= 0.3 is 0 Å². The van der Waals surface area contributed by atoms with Crippen LogP contribution in [0.1, 0.15) is 36.1 Å². The molecule has 1 atom stereocenters. The third-order valence-electron chi connectivity index (χ3n) is 5.28. The molecule has 0 fully saturated rings. The summed E-state index contributed by atoms with van der Waals surface area (Å²) in [5, 5.41) is 5.56. The quantitative estimate of drug-likeness (QED) is 0.535. The van der Waals surface area contributed by atoms with Crippen LogP contribution in [-0.2, 0) is 10.0 Å². The minimum absolute atomic E-state index is 0.0549. The van der Waals surface area contributed by atoms with Crippen molar-refractivity contribution in [1.29, 1.82) is 0 Å². The highest BCUT2D eigenvalue weighted by Crippen LogP contribution is 2.39. The largest absolute Gasteiger partial charge is 0.494 e. The Hall–Kier alpha value is -2.64. The molecule has 2 heterocycles. The molecule has 0 bridgehead atoms. The first kappa shape index (κ1) is 20.6. The lowest BCUT2D eigenvalue weighted by Gasteiger charge is -2.23. The number of methoxy groups -OCH3 is 1. The van der Waals surface area contributed by atoms with Gasteiger partial charge in [-0.25, -0.2) is 13.4 Å². The molecule has 0 radical (unpaired) electrons. The van der Waals surface area contributed by atoms with Crippen molar-refractivity contribution in [2.45, 2.75) is 26.3 Å². The molecule has 156 valence electrons. The second-order valence-corrected chi connectivity index (χ2v) is 9.68. The van der Waals surface area contributed by atoms with Crippen LogP contribution in [0.25, 0.3) is 10.9 Å². The second-order valence-electron chi connectivity index (χ2n) is 7.21. The number of aryl methyl sites for hydroxylation is 1. The minimum Gasteiger partial charge on any atom is -0.494 e. The molecule has 6 nitrogen and oxygen atoms in total. The van der Waals surface area contributed by atoms with Crippen molar-refractivity contribution in [3.8, 4) is 5.75 Å². The summed E-state index contributed by atoms with van der Waals surface area (Å²) in [5.74, 6) is 0.558. The van der Waals surface area contributed by atoms with Crippen molar-refractivity contribution < 1.29 is 13.2 Å². The van der Waals surface area contributed by atoms with Gasteiger partial charge in [0.05, 0.1) is 24.6 Å². The highest BCUT2D eigenvalue weighted by atomic mass is 35.5. The van der Waals surface area contributed by atoms with Gasteiger partial charge in [0, 0.05) is 17.4 Å². The highest BCUT2D eigenvalue weighted by molar-refractivity contribution is 7.89. The van der Waals surface area contributed by atoms with Crippen LogP contribution in [0.5, 0.6) is 5.75 Å². The first-order valence-electron chi connectivity index (χ1n) is 9.64. The third kappa shape index (κ3) is 3.63. The van der Waals surface area contributed by atoms with E-state index in [0.29, 0.717) is 29.0 Å². The first-order chi connectivity index (χ1) is 14.3. The van der Waals surface area contributed by atoms with E-state index in [4.69, 9.17) is 16.3 Å². The maximum Gasteiger partial charge on any atom is 0.250 e. The van der Waals surface area contributed by atoms with E-state index in [9.17, 15) is 8.42 Å². The average molecular weight is 444 g/mol. The number of pyridine rings is 1. The van der Waals surface area contributed by atoms with Gasteiger partial charge in [-0.2, -0.15) is 9.52 Å². The van der Waals surface area contributed by atoms with Gasteiger partial charge in [-0.3, -0.25) is 0 Å². The molecule has 0 amide bonds. The molecule has 0 aliphatic carbocycles. The number of nitrogens with zero attached hydrogens (tertiary/aromatic N) is 3. The summed E-state index contributed by atoms with van der Waals surface area (Å²) in [7, 11) is -2.02. The smallest absolute Gasteiger partial charge is 0.250 e. The molecule has 8 heteroatoms. The van der Waals surface area contributed by atoms with Gasteiger partial charge in [-0.05, 0) is 31.5 Å². The number of halogens is 1. The molecule has 0 saturated heterocycles. The number of rotatable bonds is 5. The molecule has 30 heavy (non-hydrogen) atoms. The molecular weight excluding hydrogens is 422 g/mol. The third-order valence-corrected chi connectivity index (χ3v) is 7.21. The van der Waals surface area contributed by atoms with Gasteiger partial charge in [0.15, 0.2) is 0 Å². The number of fused-ring (bicyclic) bond motifs is 1. The van der Waals surface area contributed by atoms with Gasteiger partial charge in [0.1, 0.15) is 16.4 Å². The molecule has 0 saturated carbocycles. The fourth-order valence-corrected chi connectivity index (χ4v) is 4.92.